The van der Waals surface area contributed by atoms with Gasteiger partial charge in [0.15, 0.2) is 5.82 Å². The second-order valence-corrected chi connectivity index (χ2v) is 4.12. The Labute approximate surface area is 117 Å². The fourth-order valence-electron chi connectivity index (χ4n) is 1.77. The van der Waals surface area contributed by atoms with Crippen LogP contribution in [0.25, 0.3) is 11.5 Å². The summed E-state index contributed by atoms with van der Waals surface area (Å²) in [4.78, 5) is 28.7. The van der Waals surface area contributed by atoms with Crippen molar-refractivity contribution < 1.29 is 9.53 Å². The van der Waals surface area contributed by atoms with E-state index in [1.807, 2.05) is 6.92 Å². The van der Waals surface area contributed by atoms with Crippen LogP contribution in [0, 0.1) is 6.92 Å². The maximum absolute atomic E-state index is 11.8. The van der Waals surface area contributed by atoms with E-state index < -0.39 is 5.97 Å². The molecule has 6 heteroatoms. The third-order valence-electron chi connectivity index (χ3n) is 2.70. The highest BCUT2D eigenvalue weighted by Gasteiger charge is 2.15. The Balaban J connectivity index is 2.41. The van der Waals surface area contributed by atoms with Crippen molar-refractivity contribution in [2.24, 2.45) is 0 Å². The van der Waals surface area contributed by atoms with Crippen molar-refractivity contribution in [3.8, 4) is 11.5 Å². The Kier molecular flexibility index (Phi) is 4.34. The number of esters is 1. The number of hydrogen-bond donors (Lipinski definition) is 0. The van der Waals surface area contributed by atoms with Gasteiger partial charge >= 0.3 is 5.97 Å². The molecule has 0 aliphatic heterocycles. The molecule has 0 saturated heterocycles. The van der Waals surface area contributed by atoms with Gasteiger partial charge in [-0.3, -0.25) is 0 Å². The molecule has 2 rings (SSSR count). The molecule has 2 aromatic rings. The minimum absolute atomic E-state index is 0.328. The normalized spacial score (nSPS) is 10.3. The lowest BCUT2D eigenvalue weighted by Crippen LogP contribution is -2.11. The molecule has 6 nitrogen and oxygen atoms in total. The third-order valence-corrected chi connectivity index (χ3v) is 2.70. The zero-order valence-electron chi connectivity index (χ0n) is 11.8. The molecule has 0 fully saturated rings. The molecule has 0 N–H and O–H groups in total. The predicted molar refractivity (Wildman–Crippen MR) is 73.1 cm³/mol. The summed E-state index contributed by atoms with van der Waals surface area (Å²) in [6.07, 6.45) is 3.77. The highest BCUT2D eigenvalue weighted by molar-refractivity contribution is 5.90. The van der Waals surface area contributed by atoms with Crippen molar-refractivity contribution in [1.29, 1.82) is 0 Å². The Hall–Kier alpha value is -2.37. The predicted octanol–water partition coefficient (Wildman–Crippen LogP) is 1.98. The fourth-order valence-corrected chi connectivity index (χ4v) is 1.77. The first kappa shape index (κ1) is 14.0. The fraction of sp³-hybridized carbons (Fsp3) is 0.357. The van der Waals surface area contributed by atoms with Gasteiger partial charge in [0.05, 0.1) is 17.9 Å². The minimum atomic E-state index is -0.394. The maximum Gasteiger partial charge on any atom is 0.341 e. The SMILES string of the molecule is CCOC(=O)c1cnc(-c2ccnc(C)n2)nc1CC. The van der Waals surface area contributed by atoms with Crippen molar-refractivity contribution in [3.05, 3.63) is 35.5 Å². The van der Waals surface area contributed by atoms with E-state index in [0.29, 0.717) is 41.6 Å². The smallest absolute Gasteiger partial charge is 0.341 e. The second-order valence-electron chi connectivity index (χ2n) is 4.12. The first-order valence-corrected chi connectivity index (χ1v) is 6.48. The average Bonchev–Trinajstić information content (AvgIpc) is 2.46. The molecule has 0 atom stereocenters. The summed E-state index contributed by atoms with van der Waals surface area (Å²) in [6.45, 7) is 5.83. The first-order chi connectivity index (χ1) is 9.65. The zero-order chi connectivity index (χ0) is 14.5. The molecule has 20 heavy (non-hydrogen) atoms. The standard InChI is InChI=1S/C14H16N4O2/c1-4-11-10(14(19)20-5-2)8-16-13(18-11)12-6-7-15-9(3)17-12/h6-8H,4-5H2,1-3H3. The third kappa shape index (κ3) is 2.96. The summed E-state index contributed by atoms with van der Waals surface area (Å²) < 4.78 is 4.99. The van der Waals surface area contributed by atoms with E-state index in [-0.39, 0.29) is 0 Å². The van der Waals surface area contributed by atoms with Crippen LogP contribution in [0.2, 0.25) is 0 Å². The van der Waals surface area contributed by atoms with Gasteiger partial charge in [-0.15, -0.1) is 0 Å². The lowest BCUT2D eigenvalue weighted by molar-refractivity contribution is 0.0524. The van der Waals surface area contributed by atoms with Crippen molar-refractivity contribution >= 4 is 5.97 Å². The second kappa shape index (κ2) is 6.18. The van der Waals surface area contributed by atoms with Gasteiger partial charge in [0.1, 0.15) is 11.5 Å². The van der Waals surface area contributed by atoms with E-state index >= 15 is 0 Å². The van der Waals surface area contributed by atoms with Gasteiger partial charge in [0, 0.05) is 12.4 Å². The summed E-state index contributed by atoms with van der Waals surface area (Å²) >= 11 is 0. The number of hydrogen-bond acceptors (Lipinski definition) is 6. The molecule has 0 radical (unpaired) electrons. The van der Waals surface area contributed by atoms with E-state index in [1.165, 1.54) is 6.20 Å². The number of aromatic nitrogens is 4. The van der Waals surface area contributed by atoms with Crippen molar-refractivity contribution in [3.63, 3.8) is 0 Å². The van der Waals surface area contributed by atoms with Crippen LogP contribution in [0.4, 0.5) is 0 Å². The molecule has 0 bridgehead atoms. The average molecular weight is 272 g/mol. The van der Waals surface area contributed by atoms with Gasteiger partial charge in [0.25, 0.3) is 0 Å². The van der Waals surface area contributed by atoms with Gasteiger partial charge in [-0.1, -0.05) is 6.92 Å². The number of carbonyl (C=O) groups excluding carboxylic acids is 1. The summed E-state index contributed by atoms with van der Waals surface area (Å²) in [7, 11) is 0. The van der Waals surface area contributed by atoms with Crippen LogP contribution in [-0.2, 0) is 11.2 Å². The summed E-state index contributed by atoms with van der Waals surface area (Å²) in [5.41, 5.74) is 1.70. The zero-order valence-corrected chi connectivity index (χ0v) is 11.8. The van der Waals surface area contributed by atoms with Crippen LogP contribution in [0.1, 0.15) is 35.7 Å². The Morgan fingerprint density at radius 2 is 2.05 bits per heavy atom. The van der Waals surface area contributed by atoms with Crippen LogP contribution >= 0.6 is 0 Å². The van der Waals surface area contributed by atoms with Crippen molar-refractivity contribution in [2.75, 3.05) is 6.61 Å². The molecular weight excluding hydrogens is 256 g/mol. The van der Waals surface area contributed by atoms with Gasteiger partial charge in [0.2, 0.25) is 0 Å². The Morgan fingerprint density at radius 1 is 1.25 bits per heavy atom. The van der Waals surface area contributed by atoms with E-state index in [2.05, 4.69) is 19.9 Å². The molecule has 104 valence electrons. The molecule has 0 aliphatic rings. The number of ether oxygens (including phenoxy) is 1. The topological polar surface area (TPSA) is 77.9 Å². The van der Waals surface area contributed by atoms with Crippen LogP contribution in [-0.4, -0.2) is 32.5 Å². The number of rotatable bonds is 4. The summed E-state index contributed by atoms with van der Waals surface area (Å²) in [5, 5.41) is 0. The lowest BCUT2D eigenvalue weighted by Gasteiger charge is -2.08. The summed E-state index contributed by atoms with van der Waals surface area (Å²) in [5.74, 6) is 0.744. The first-order valence-electron chi connectivity index (χ1n) is 6.48. The molecule has 0 aliphatic carbocycles. The lowest BCUT2D eigenvalue weighted by atomic mass is 10.2. The largest absolute Gasteiger partial charge is 0.462 e. The molecular formula is C14H16N4O2. The molecule has 0 amide bonds. The highest BCUT2D eigenvalue weighted by Crippen LogP contribution is 2.15. The van der Waals surface area contributed by atoms with E-state index in [1.54, 1.807) is 26.1 Å². The van der Waals surface area contributed by atoms with E-state index in [9.17, 15) is 4.79 Å². The highest BCUT2D eigenvalue weighted by atomic mass is 16.5. The maximum atomic E-state index is 11.8. The van der Waals surface area contributed by atoms with Crippen LogP contribution in [0.3, 0.4) is 0 Å². The Bertz CT molecular complexity index is 628. The molecule has 0 unspecified atom stereocenters. The van der Waals surface area contributed by atoms with Gasteiger partial charge in [-0.2, -0.15) is 0 Å². The number of nitrogens with zero attached hydrogens (tertiary/aromatic N) is 4. The molecule has 0 saturated carbocycles. The van der Waals surface area contributed by atoms with Gasteiger partial charge < -0.3 is 4.74 Å². The van der Waals surface area contributed by atoms with E-state index in [0.717, 1.165) is 0 Å². The summed E-state index contributed by atoms with van der Waals surface area (Å²) in [6, 6.07) is 1.74. The number of aryl methyl sites for hydroxylation is 2. The molecule has 0 aromatic carbocycles. The molecule has 2 aromatic heterocycles. The monoisotopic (exact) mass is 272 g/mol. The van der Waals surface area contributed by atoms with Crippen molar-refractivity contribution in [1.82, 2.24) is 19.9 Å². The molecule has 2 heterocycles. The van der Waals surface area contributed by atoms with Crippen LogP contribution < -0.4 is 0 Å². The van der Waals surface area contributed by atoms with Crippen LogP contribution in [0.5, 0.6) is 0 Å². The van der Waals surface area contributed by atoms with Crippen LogP contribution in [0.15, 0.2) is 18.5 Å². The quantitative estimate of drug-likeness (QED) is 0.792. The van der Waals surface area contributed by atoms with Gasteiger partial charge in [-0.25, -0.2) is 24.7 Å². The number of carbonyl (C=O) groups is 1. The Morgan fingerprint density at radius 3 is 2.70 bits per heavy atom. The minimum Gasteiger partial charge on any atom is -0.462 e. The van der Waals surface area contributed by atoms with Gasteiger partial charge in [-0.05, 0) is 26.3 Å². The molecule has 0 spiro atoms. The van der Waals surface area contributed by atoms with Crippen molar-refractivity contribution in [2.45, 2.75) is 27.2 Å². The van der Waals surface area contributed by atoms with E-state index in [4.69, 9.17) is 4.74 Å².